The van der Waals surface area contributed by atoms with E-state index in [9.17, 15) is 4.79 Å². The van der Waals surface area contributed by atoms with E-state index in [1.54, 1.807) is 0 Å². The molecule has 168 valence electrons. The van der Waals surface area contributed by atoms with Gasteiger partial charge in [0.25, 0.3) is 5.91 Å². The van der Waals surface area contributed by atoms with Gasteiger partial charge < -0.3 is 10.1 Å². The highest BCUT2D eigenvalue weighted by Gasteiger charge is 2.25. The van der Waals surface area contributed by atoms with Crippen molar-refractivity contribution in [3.05, 3.63) is 87.7 Å². The molecule has 1 amide bonds. The number of aromatic nitrogens is 2. The molecular formula is C25H29ClN4O2. The van der Waals surface area contributed by atoms with Crippen LogP contribution in [0.5, 0.6) is 0 Å². The van der Waals surface area contributed by atoms with Crippen LogP contribution < -0.4 is 5.32 Å². The molecular weight excluding hydrogens is 424 g/mol. The Bertz CT molecular complexity index is 1080. The lowest BCUT2D eigenvalue weighted by Gasteiger charge is -2.35. The molecule has 1 fully saturated rings. The first-order chi connectivity index (χ1) is 15.5. The third-order valence-electron chi connectivity index (χ3n) is 5.83. The molecule has 2 aromatic carbocycles. The van der Waals surface area contributed by atoms with Crippen LogP contribution in [0.1, 0.15) is 38.9 Å². The van der Waals surface area contributed by atoms with Gasteiger partial charge in [-0.25, -0.2) is 0 Å². The van der Waals surface area contributed by atoms with Gasteiger partial charge in [-0.2, -0.15) is 5.10 Å². The molecule has 7 heteroatoms. The number of benzene rings is 2. The zero-order chi connectivity index (χ0) is 22.5. The van der Waals surface area contributed by atoms with Crippen molar-refractivity contribution in [3.63, 3.8) is 0 Å². The predicted octanol–water partition coefficient (Wildman–Crippen LogP) is 4.00. The van der Waals surface area contributed by atoms with Crippen LogP contribution in [0.3, 0.4) is 0 Å². The molecule has 1 saturated heterocycles. The molecule has 6 nitrogen and oxygen atoms in total. The largest absolute Gasteiger partial charge is 0.379 e. The van der Waals surface area contributed by atoms with E-state index in [4.69, 9.17) is 16.3 Å². The van der Waals surface area contributed by atoms with Crippen LogP contribution in [0.4, 0.5) is 0 Å². The number of hydrogen-bond acceptors (Lipinski definition) is 4. The maximum absolute atomic E-state index is 13.0. The summed E-state index contributed by atoms with van der Waals surface area (Å²) < 4.78 is 7.47. The minimum atomic E-state index is -0.0921. The number of carbonyl (C=O) groups excluding carboxylic acids is 1. The van der Waals surface area contributed by atoms with E-state index in [0.29, 0.717) is 36.9 Å². The molecule has 1 N–H and O–H groups in total. The highest BCUT2D eigenvalue weighted by molar-refractivity contribution is 6.31. The Morgan fingerprint density at radius 2 is 1.91 bits per heavy atom. The summed E-state index contributed by atoms with van der Waals surface area (Å²) >= 11 is 6.50. The number of ether oxygens (including phenoxy) is 1. The minimum absolute atomic E-state index is 0.00516. The van der Waals surface area contributed by atoms with E-state index in [0.717, 1.165) is 35.6 Å². The summed E-state index contributed by atoms with van der Waals surface area (Å²) in [6.45, 7) is 8.12. The molecule has 0 saturated carbocycles. The first-order valence-electron chi connectivity index (χ1n) is 11.0. The van der Waals surface area contributed by atoms with Crippen molar-refractivity contribution >= 4 is 17.5 Å². The molecule has 1 atom stereocenters. The maximum atomic E-state index is 13.0. The van der Waals surface area contributed by atoms with E-state index in [2.05, 4.69) is 21.4 Å². The number of rotatable bonds is 7. The van der Waals surface area contributed by atoms with Gasteiger partial charge in [-0.15, -0.1) is 0 Å². The lowest BCUT2D eigenvalue weighted by molar-refractivity contribution is 0.0162. The number of halogens is 1. The molecule has 0 bridgehead atoms. The second-order valence-electron chi connectivity index (χ2n) is 8.18. The molecule has 1 aromatic heterocycles. The molecule has 32 heavy (non-hydrogen) atoms. The van der Waals surface area contributed by atoms with Gasteiger partial charge >= 0.3 is 0 Å². The molecule has 1 aliphatic heterocycles. The van der Waals surface area contributed by atoms with Gasteiger partial charge in [-0.1, -0.05) is 41.9 Å². The van der Waals surface area contributed by atoms with Crippen molar-refractivity contribution < 1.29 is 9.53 Å². The molecule has 0 spiro atoms. The number of nitrogens with zero attached hydrogens (tertiary/aromatic N) is 3. The number of aryl methyl sites for hydroxylation is 2. The van der Waals surface area contributed by atoms with Crippen molar-refractivity contribution in [2.45, 2.75) is 26.4 Å². The van der Waals surface area contributed by atoms with E-state index >= 15 is 0 Å². The Balaban J connectivity index is 1.47. The quantitative estimate of drug-likeness (QED) is 0.588. The van der Waals surface area contributed by atoms with E-state index in [-0.39, 0.29) is 11.9 Å². The van der Waals surface area contributed by atoms with Crippen molar-refractivity contribution in [1.82, 2.24) is 20.0 Å². The Morgan fingerprint density at radius 1 is 1.12 bits per heavy atom. The fraction of sp³-hybridized carbons (Fsp3) is 0.360. The van der Waals surface area contributed by atoms with Crippen LogP contribution in [-0.4, -0.2) is 53.4 Å². The zero-order valence-corrected chi connectivity index (χ0v) is 19.3. The second-order valence-corrected chi connectivity index (χ2v) is 8.59. The first-order valence-corrected chi connectivity index (χ1v) is 11.3. The smallest absolute Gasteiger partial charge is 0.251 e. The minimum Gasteiger partial charge on any atom is -0.379 e. The van der Waals surface area contributed by atoms with Crippen LogP contribution in [-0.2, 0) is 11.3 Å². The summed E-state index contributed by atoms with van der Waals surface area (Å²) in [6.07, 6.45) is 0. The van der Waals surface area contributed by atoms with Gasteiger partial charge in [0.05, 0.1) is 31.5 Å². The zero-order valence-electron chi connectivity index (χ0n) is 18.6. The average Bonchev–Trinajstić information content (AvgIpc) is 3.12. The maximum Gasteiger partial charge on any atom is 0.251 e. The third kappa shape index (κ3) is 5.38. The first kappa shape index (κ1) is 22.5. The molecule has 0 aliphatic carbocycles. The van der Waals surface area contributed by atoms with Crippen molar-refractivity contribution in [1.29, 1.82) is 0 Å². The van der Waals surface area contributed by atoms with Crippen molar-refractivity contribution in [2.75, 3.05) is 32.8 Å². The Kier molecular flexibility index (Phi) is 7.25. The summed E-state index contributed by atoms with van der Waals surface area (Å²) in [4.78, 5) is 15.3. The summed E-state index contributed by atoms with van der Waals surface area (Å²) in [5.74, 6) is -0.0921. The van der Waals surface area contributed by atoms with Gasteiger partial charge in [0.2, 0.25) is 0 Å². The summed E-state index contributed by atoms with van der Waals surface area (Å²) in [6, 6.07) is 17.6. The number of amides is 1. The van der Waals surface area contributed by atoms with Crippen LogP contribution in [0.25, 0.3) is 0 Å². The topological polar surface area (TPSA) is 59.4 Å². The van der Waals surface area contributed by atoms with Gasteiger partial charge in [-0.3, -0.25) is 14.4 Å². The van der Waals surface area contributed by atoms with Crippen LogP contribution in [0.2, 0.25) is 5.02 Å². The van der Waals surface area contributed by atoms with Crippen LogP contribution in [0, 0.1) is 13.8 Å². The number of hydrogen-bond donors (Lipinski definition) is 1. The van der Waals surface area contributed by atoms with Gasteiger partial charge in [-0.05, 0) is 49.2 Å². The number of carbonyl (C=O) groups is 1. The van der Waals surface area contributed by atoms with Crippen molar-refractivity contribution in [3.8, 4) is 0 Å². The third-order valence-corrected chi connectivity index (χ3v) is 6.18. The van der Waals surface area contributed by atoms with E-state index < -0.39 is 0 Å². The molecule has 0 radical (unpaired) electrons. The lowest BCUT2D eigenvalue weighted by Crippen LogP contribution is -2.44. The fourth-order valence-electron chi connectivity index (χ4n) is 4.18. The van der Waals surface area contributed by atoms with E-state index in [1.807, 2.05) is 67.1 Å². The van der Waals surface area contributed by atoms with Crippen molar-refractivity contribution in [2.24, 2.45) is 0 Å². The average molecular weight is 453 g/mol. The van der Waals surface area contributed by atoms with Crippen LogP contribution in [0.15, 0.2) is 54.6 Å². The lowest BCUT2D eigenvalue weighted by atomic mass is 10.0. The SMILES string of the molecule is Cc1cc(C)n(Cc2cccc(C(=O)NCC(c3ccccc3Cl)N3CCOCC3)c2)n1. The molecule has 3 aromatic rings. The molecule has 2 heterocycles. The number of morpholine rings is 1. The predicted molar refractivity (Wildman–Crippen MR) is 126 cm³/mol. The second kappa shape index (κ2) is 10.3. The Labute approximate surface area is 194 Å². The van der Waals surface area contributed by atoms with Gasteiger partial charge in [0, 0.05) is 35.9 Å². The van der Waals surface area contributed by atoms with Gasteiger partial charge in [0.15, 0.2) is 0 Å². The van der Waals surface area contributed by atoms with E-state index in [1.165, 1.54) is 0 Å². The summed E-state index contributed by atoms with van der Waals surface area (Å²) in [5.41, 5.74) is 4.80. The summed E-state index contributed by atoms with van der Waals surface area (Å²) in [5, 5.41) is 8.36. The molecule has 4 rings (SSSR count). The Hall–Kier alpha value is -2.67. The van der Waals surface area contributed by atoms with Gasteiger partial charge in [0.1, 0.15) is 0 Å². The normalized spacial score (nSPS) is 15.5. The number of nitrogens with one attached hydrogen (secondary N) is 1. The fourth-order valence-corrected chi connectivity index (χ4v) is 4.44. The molecule has 1 unspecified atom stereocenters. The van der Waals surface area contributed by atoms with Crippen LogP contribution >= 0.6 is 11.6 Å². The highest BCUT2D eigenvalue weighted by atomic mass is 35.5. The monoisotopic (exact) mass is 452 g/mol. The standard InChI is InChI=1S/C25H29ClN4O2/c1-18-14-19(2)30(28-18)17-20-6-5-7-21(15-20)25(31)27-16-24(29-10-12-32-13-11-29)22-8-3-4-9-23(22)26/h3-9,14-15,24H,10-13,16-17H2,1-2H3,(H,27,31). The highest BCUT2D eigenvalue weighted by Crippen LogP contribution is 2.28. The Morgan fingerprint density at radius 3 is 2.62 bits per heavy atom. The summed E-state index contributed by atoms with van der Waals surface area (Å²) in [7, 11) is 0. The molecule has 1 aliphatic rings.